The van der Waals surface area contributed by atoms with E-state index in [0.29, 0.717) is 0 Å². The quantitative estimate of drug-likeness (QED) is 0.569. The van der Waals surface area contributed by atoms with Gasteiger partial charge in [0.05, 0.1) is 11.7 Å². The maximum Gasteiger partial charge on any atom is 0.160 e. The van der Waals surface area contributed by atoms with E-state index in [9.17, 15) is 0 Å². The predicted molar refractivity (Wildman–Crippen MR) is 105 cm³/mol. The van der Waals surface area contributed by atoms with E-state index < -0.39 is 0 Å². The minimum absolute atomic E-state index is 0.116. The second-order valence-electron chi connectivity index (χ2n) is 6.78. The van der Waals surface area contributed by atoms with Gasteiger partial charge in [0.1, 0.15) is 18.5 Å². The molecule has 0 radical (unpaired) electrons. The Kier molecular flexibility index (Phi) is 4.58. The Hall–Kier alpha value is -3.22. The molecule has 3 aromatic heterocycles. The van der Waals surface area contributed by atoms with Gasteiger partial charge in [-0.25, -0.2) is 9.97 Å². The fourth-order valence-corrected chi connectivity index (χ4v) is 3.25. The van der Waals surface area contributed by atoms with Crippen molar-refractivity contribution in [2.45, 2.75) is 39.8 Å². The topological polar surface area (TPSA) is 72.9 Å². The molecule has 138 valence electrons. The molecule has 0 bridgehead atoms. The lowest BCUT2D eigenvalue weighted by Gasteiger charge is -2.21. The molecule has 1 N–H and O–H groups in total. The number of hydrogen-bond acceptors (Lipinski definition) is 5. The zero-order chi connectivity index (χ0) is 18.8. The highest BCUT2D eigenvalue weighted by Crippen LogP contribution is 2.25. The van der Waals surface area contributed by atoms with Gasteiger partial charge in [0.15, 0.2) is 5.65 Å². The molecule has 0 saturated heterocycles. The van der Waals surface area contributed by atoms with E-state index in [-0.39, 0.29) is 6.04 Å². The molecule has 0 spiro atoms. The lowest BCUT2D eigenvalue weighted by Crippen LogP contribution is -2.16. The van der Waals surface area contributed by atoms with E-state index in [2.05, 4.69) is 56.7 Å². The van der Waals surface area contributed by atoms with Crippen LogP contribution >= 0.6 is 0 Å². The second kappa shape index (κ2) is 7.19. The third kappa shape index (κ3) is 3.53. The molecule has 1 atom stereocenters. The maximum atomic E-state index is 4.67. The Morgan fingerprint density at radius 2 is 1.93 bits per heavy atom. The average molecular weight is 361 g/mol. The highest BCUT2D eigenvalue weighted by molar-refractivity contribution is 5.56. The van der Waals surface area contributed by atoms with Gasteiger partial charge in [-0.1, -0.05) is 30.3 Å². The fourth-order valence-electron chi connectivity index (χ4n) is 3.25. The summed E-state index contributed by atoms with van der Waals surface area (Å²) in [5.41, 5.74) is 5.20. The first-order valence-electron chi connectivity index (χ1n) is 9.09. The lowest BCUT2D eigenvalue weighted by atomic mass is 10.0. The Labute approximate surface area is 158 Å². The van der Waals surface area contributed by atoms with Gasteiger partial charge in [-0.3, -0.25) is 4.68 Å². The smallest absolute Gasteiger partial charge is 0.160 e. The summed E-state index contributed by atoms with van der Waals surface area (Å²) in [7, 11) is 0. The van der Waals surface area contributed by atoms with Gasteiger partial charge < -0.3 is 5.32 Å². The molecule has 0 aliphatic heterocycles. The first-order chi connectivity index (χ1) is 13.1. The number of benzene rings is 1. The molecule has 0 amide bonds. The van der Waals surface area contributed by atoms with Crippen LogP contribution in [0.2, 0.25) is 0 Å². The van der Waals surface area contributed by atoms with Crippen LogP contribution in [0.15, 0.2) is 49.1 Å². The molecule has 7 nitrogen and oxygen atoms in total. The standard InChI is InChI=1S/C20H23N7/c1-14-11-19(27-20(23-14)15(2)16(3)25-27)24-18(17-7-5-4-6-8-17)9-10-26-13-21-12-22-26/h4-8,11-13,18,24H,9-10H2,1-3H3/t18-/m1/s1. The molecule has 0 aliphatic rings. The van der Waals surface area contributed by atoms with Gasteiger partial charge in [-0.2, -0.15) is 14.7 Å². The van der Waals surface area contributed by atoms with Crippen LogP contribution in [0.5, 0.6) is 0 Å². The summed E-state index contributed by atoms with van der Waals surface area (Å²) in [4.78, 5) is 8.69. The lowest BCUT2D eigenvalue weighted by molar-refractivity contribution is 0.536. The van der Waals surface area contributed by atoms with Crippen molar-refractivity contribution in [1.82, 2.24) is 29.4 Å². The number of fused-ring (bicyclic) bond motifs is 1. The molecule has 0 unspecified atom stereocenters. The Morgan fingerprint density at radius 3 is 2.67 bits per heavy atom. The number of nitrogens with zero attached hydrogens (tertiary/aromatic N) is 6. The molecule has 3 heterocycles. The minimum Gasteiger partial charge on any atom is -0.363 e. The van der Waals surface area contributed by atoms with Crippen molar-refractivity contribution in [3.63, 3.8) is 0 Å². The zero-order valence-electron chi connectivity index (χ0n) is 15.8. The molecule has 0 fully saturated rings. The van der Waals surface area contributed by atoms with Crippen molar-refractivity contribution in [3.05, 3.63) is 71.6 Å². The zero-order valence-corrected chi connectivity index (χ0v) is 15.8. The molecule has 4 rings (SSSR count). The van der Waals surface area contributed by atoms with Gasteiger partial charge in [-0.05, 0) is 32.8 Å². The summed E-state index contributed by atoms with van der Waals surface area (Å²) in [6.07, 6.45) is 4.18. The first kappa shape index (κ1) is 17.2. The van der Waals surface area contributed by atoms with Crippen molar-refractivity contribution in [1.29, 1.82) is 0 Å². The maximum absolute atomic E-state index is 4.67. The van der Waals surface area contributed by atoms with Crippen LogP contribution in [-0.4, -0.2) is 29.4 Å². The second-order valence-corrected chi connectivity index (χ2v) is 6.78. The van der Waals surface area contributed by atoms with Crippen molar-refractivity contribution < 1.29 is 0 Å². The van der Waals surface area contributed by atoms with Crippen LogP contribution in [0.25, 0.3) is 5.65 Å². The Balaban J connectivity index is 1.69. The van der Waals surface area contributed by atoms with Crippen LogP contribution in [0.3, 0.4) is 0 Å². The SMILES string of the molecule is Cc1cc(N[C@H](CCn2cncn2)c2ccccc2)n2nc(C)c(C)c2n1. The van der Waals surface area contributed by atoms with Crippen LogP contribution in [0.4, 0.5) is 5.82 Å². The van der Waals surface area contributed by atoms with Crippen LogP contribution in [0.1, 0.15) is 35.0 Å². The largest absolute Gasteiger partial charge is 0.363 e. The molecule has 27 heavy (non-hydrogen) atoms. The molecular weight excluding hydrogens is 338 g/mol. The summed E-state index contributed by atoms with van der Waals surface area (Å²) < 4.78 is 3.76. The van der Waals surface area contributed by atoms with Crippen molar-refractivity contribution in [2.24, 2.45) is 0 Å². The van der Waals surface area contributed by atoms with Gasteiger partial charge in [0, 0.05) is 23.9 Å². The summed E-state index contributed by atoms with van der Waals surface area (Å²) in [5.74, 6) is 0.946. The van der Waals surface area contributed by atoms with E-state index in [1.54, 1.807) is 12.7 Å². The molecule has 7 heteroatoms. The van der Waals surface area contributed by atoms with Crippen molar-refractivity contribution >= 4 is 11.5 Å². The third-order valence-corrected chi connectivity index (χ3v) is 4.82. The molecule has 0 aliphatic carbocycles. The monoisotopic (exact) mass is 361 g/mol. The number of anilines is 1. The van der Waals surface area contributed by atoms with Gasteiger partial charge in [0.2, 0.25) is 0 Å². The van der Waals surface area contributed by atoms with E-state index in [4.69, 9.17) is 0 Å². The van der Waals surface area contributed by atoms with Gasteiger partial charge in [-0.15, -0.1) is 0 Å². The summed E-state index contributed by atoms with van der Waals surface area (Å²) in [6.45, 7) is 6.87. The number of aromatic nitrogens is 6. The average Bonchev–Trinajstić information content (AvgIpc) is 3.29. The minimum atomic E-state index is 0.116. The van der Waals surface area contributed by atoms with E-state index in [1.807, 2.05) is 35.2 Å². The van der Waals surface area contributed by atoms with E-state index in [1.165, 1.54) is 5.56 Å². The number of rotatable bonds is 6. The van der Waals surface area contributed by atoms with Crippen LogP contribution in [-0.2, 0) is 6.54 Å². The Bertz CT molecular complexity index is 1040. The first-order valence-corrected chi connectivity index (χ1v) is 9.09. The van der Waals surface area contributed by atoms with Gasteiger partial charge in [0.25, 0.3) is 0 Å². The Morgan fingerprint density at radius 1 is 1.11 bits per heavy atom. The molecule has 1 aromatic carbocycles. The van der Waals surface area contributed by atoms with Crippen LogP contribution < -0.4 is 5.32 Å². The molecule has 0 saturated carbocycles. The third-order valence-electron chi connectivity index (χ3n) is 4.82. The summed E-state index contributed by atoms with van der Waals surface area (Å²) in [5, 5.41) is 12.6. The predicted octanol–water partition coefficient (Wildman–Crippen LogP) is 3.49. The van der Waals surface area contributed by atoms with E-state index in [0.717, 1.165) is 41.4 Å². The van der Waals surface area contributed by atoms with Gasteiger partial charge >= 0.3 is 0 Å². The highest BCUT2D eigenvalue weighted by Gasteiger charge is 2.16. The normalized spacial score (nSPS) is 12.4. The fraction of sp³-hybridized carbons (Fsp3) is 0.300. The number of aryl methyl sites for hydroxylation is 4. The van der Waals surface area contributed by atoms with Crippen molar-refractivity contribution in [3.8, 4) is 0 Å². The van der Waals surface area contributed by atoms with E-state index >= 15 is 0 Å². The molecule has 4 aromatic rings. The number of hydrogen-bond donors (Lipinski definition) is 1. The van der Waals surface area contributed by atoms with Crippen LogP contribution in [0, 0.1) is 20.8 Å². The summed E-state index contributed by atoms with van der Waals surface area (Å²) >= 11 is 0. The highest BCUT2D eigenvalue weighted by atomic mass is 15.3. The molecular formula is C20H23N7. The van der Waals surface area contributed by atoms with Crippen molar-refractivity contribution in [2.75, 3.05) is 5.32 Å². The summed E-state index contributed by atoms with van der Waals surface area (Å²) in [6, 6.07) is 12.6. The number of nitrogens with one attached hydrogen (secondary N) is 1.